The van der Waals surface area contributed by atoms with Crippen LogP contribution in [0.25, 0.3) is 0 Å². The Morgan fingerprint density at radius 1 is 1.42 bits per heavy atom. The van der Waals surface area contributed by atoms with Crippen LogP contribution in [-0.2, 0) is 4.79 Å². The third kappa shape index (κ3) is 4.63. The molecule has 4 heteroatoms. The summed E-state index contributed by atoms with van der Waals surface area (Å²) in [6.45, 7) is 6.82. The van der Waals surface area contributed by atoms with Crippen molar-refractivity contribution >= 4 is 5.91 Å². The Hall–Kier alpha value is -1.42. The highest BCUT2D eigenvalue weighted by Crippen LogP contribution is 2.16. The smallest absolute Gasteiger partial charge is 0.229 e. The first-order valence-corrected chi connectivity index (χ1v) is 6.84. The lowest BCUT2D eigenvalue weighted by molar-refractivity contribution is -0.131. The normalized spacial score (nSPS) is 14.2. The van der Waals surface area contributed by atoms with Crippen LogP contribution >= 0.6 is 0 Å². The average Bonchev–Trinajstić information content (AvgIpc) is 2.43. The van der Waals surface area contributed by atoms with E-state index < -0.39 is 0 Å². The Bertz CT molecular complexity index is 392. The zero-order chi connectivity index (χ0) is 14.4. The third-order valence-corrected chi connectivity index (χ3v) is 3.59. The van der Waals surface area contributed by atoms with Gasteiger partial charge in [0.05, 0.1) is 5.92 Å². The zero-order valence-electron chi connectivity index (χ0n) is 12.3. The number of hydrogen-bond donors (Lipinski definition) is 1. The van der Waals surface area contributed by atoms with Crippen molar-refractivity contribution in [3.8, 4) is 0 Å². The summed E-state index contributed by atoms with van der Waals surface area (Å²) in [5.41, 5.74) is 6.96. The van der Waals surface area contributed by atoms with Crippen LogP contribution in [0.15, 0.2) is 24.5 Å². The van der Waals surface area contributed by atoms with Gasteiger partial charge in [0.2, 0.25) is 5.91 Å². The van der Waals surface area contributed by atoms with Gasteiger partial charge < -0.3 is 10.6 Å². The van der Waals surface area contributed by atoms with Crippen molar-refractivity contribution in [2.75, 3.05) is 13.6 Å². The second kappa shape index (κ2) is 7.24. The van der Waals surface area contributed by atoms with Gasteiger partial charge in [-0.2, -0.15) is 0 Å². The number of carbonyl (C=O) groups is 1. The third-order valence-electron chi connectivity index (χ3n) is 3.59. The summed E-state index contributed by atoms with van der Waals surface area (Å²) in [6.07, 6.45) is 4.29. The minimum absolute atomic E-state index is 0.115. The van der Waals surface area contributed by atoms with Crippen LogP contribution < -0.4 is 5.73 Å². The Kier molecular flexibility index (Phi) is 5.96. The first-order chi connectivity index (χ1) is 8.93. The van der Waals surface area contributed by atoms with Gasteiger partial charge in [0.1, 0.15) is 0 Å². The molecule has 0 saturated carbocycles. The van der Waals surface area contributed by atoms with Gasteiger partial charge in [0.15, 0.2) is 0 Å². The first-order valence-electron chi connectivity index (χ1n) is 6.84. The minimum Gasteiger partial charge on any atom is -0.345 e. The predicted octanol–water partition coefficient (Wildman–Crippen LogP) is 2.02. The molecule has 106 valence electrons. The van der Waals surface area contributed by atoms with Gasteiger partial charge in [0, 0.05) is 32.0 Å². The number of carbonyl (C=O) groups excluding carboxylic acids is 1. The van der Waals surface area contributed by atoms with E-state index in [1.807, 2.05) is 26.1 Å². The van der Waals surface area contributed by atoms with Crippen molar-refractivity contribution in [1.29, 1.82) is 0 Å². The number of rotatable bonds is 6. The molecule has 0 radical (unpaired) electrons. The van der Waals surface area contributed by atoms with Crippen LogP contribution in [-0.4, -0.2) is 35.4 Å². The number of likely N-dealkylation sites (N-methyl/N-ethyl adjacent to an activating group) is 1. The number of amides is 1. The summed E-state index contributed by atoms with van der Waals surface area (Å²) in [5, 5.41) is 0. The van der Waals surface area contributed by atoms with Crippen molar-refractivity contribution in [1.82, 2.24) is 9.88 Å². The van der Waals surface area contributed by atoms with Gasteiger partial charge in [-0.05, 0) is 30.9 Å². The Morgan fingerprint density at radius 3 is 2.63 bits per heavy atom. The summed E-state index contributed by atoms with van der Waals surface area (Å²) >= 11 is 0. The van der Waals surface area contributed by atoms with Gasteiger partial charge in [-0.25, -0.2) is 0 Å². The molecule has 0 aliphatic rings. The van der Waals surface area contributed by atoms with E-state index in [2.05, 4.69) is 18.8 Å². The molecule has 2 unspecified atom stereocenters. The summed E-state index contributed by atoms with van der Waals surface area (Å²) in [7, 11) is 1.84. The highest BCUT2D eigenvalue weighted by molar-refractivity contribution is 5.82. The summed E-state index contributed by atoms with van der Waals surface area (Å²) in [6, 6.07) is 3.93. The van der Waals surface area contributed by atoms with Crippen LogP contribution in [0.3, 0.4) is 0 Å². The lowest BCUT2D eigenvalue weighted by Crippen LogP contribution is -2.36. The number of pyridine rings is 1. The molecule has 1 rings (SSSR count). The maximum atomic E-state index is 12.3. The van der Waals surface area contributed by atoms with Crippen molar-refractivity contribution in [3.63, 3.8) is 0 Å². The second-order valence-electron chi connectivity index (χ2n) is 5.46. The standard InChI is InChI=1S/C15H25N3O/c1-11(2)14(16)7-9-18(4)15(19)12(3)13-6-5-8-17-10-13/h5-6,8,10-12,14H,7,9,16H2,1-4H3. The highest BCUT2D eigenvalue weighted by Gasteiger charge is 2.20. The number of nitrogens with two attached hydrogens (primary N) is 1. The zero-order valence-corrected chi connectivity index (χ0v) is 12.3. The van der Waals surface area contributed by atoms with E-state index in [0.717, 1.165) is 12.0 Å². The van der Waals surface area contributed by atoms with Gasteiger partial charge in [-0.3, -0.25) is 9.78 Å². The fourth-order valence-corrected chi connectivity index (χ4v) is 1.89. The molecule has 0 saturated heterocycles. The molecular formula is C15H25N3O. The molecule has 1 aromatic rings. The summed E-state index contributed by atoms with van der Waals surface area (Å²) in [5.74, 6) is 0.400. The molecule has 4 nitrogen and oxygen atoms in total. The minimum atomic E-state index is -0.158. The lowest BCUT2D eigenvalue weighted by atomic mass is 10.00. The van der Waals surface area contributed by atoms with Crippen LogP contribution in [0.5, 0.6) is 0 Å². The van der Waals surface area contributed by atoms with Crippen molar-refractivity contribution in [3.05, 3.63) is 30.1 Å². The maximum Gasteiger partial charge on any atom is 0.229 e. The number of aromatic nitrogens is 1. The van der Waals surface area contributed by atoms with E-state index >= 15 is 0 Å². The molecule has 0 fully saturated rings. The summed E-state index contributed by atoms with van der Waals surface area (Å²) in [4.78, 5) is 18.1. The van der Waals surface area contributed by atoms with Gasteiger partial charge in [0.25, 0.3) is 0 Å². The van der Waals surface area contributed by atoms with Crippen molar-refractivity contribution in [2.45, 2.75) is 39.2 Å². The molecular weight excluding hydrogens is 238 g/mol. The predicted molar refractivity (Wildman–Crippen MR) is 77.7 cm³/mol. The molecule has 19 heavy (non-hydrogen) atoms. The van der Waals surface area contributed by atoms with E-state index in [0.29, 0.717) is 12.5 Å². The van der Waals surface area contributed by atoms with E-state index in [4.69, 9.17) is 5.73 Å². The molecule has 1 heterocycles. The van der Waals surface area contributed by atoms with E-state index in [9.17, 15) is 4.79 Å². The molecule has 2 N–H and O–H groups in total. The Balaban J connectivity index is 2.53. The lowest BCUT2D eigenvalue weighted by Gasteiger charge is -2.24. The van der Waals surface area contributed by atoms with E-state index in [-0.39, 0.29) is 17.9 Å². The molecule has 2 atom stereocenters. The van der Waals surface area contributed by atoms with Crippen LogP contribution in [0, 0.1) is 5.92 Å². The van der Waals surface area contributed by atoms with Crippen LogP contribution in [0.4, 0.5) is 0 Å². The monoisotopic (exact) mass is 263 g/mol. The molecule has 0 spiro atoms. The Morgan fingerprint density at radius 2 is 2.11 bits per heavy atom. The van der Waals surface area contributed by atoms with Crippen molar-refractivity contribution in [2.24, 2.45) is 11.7 Å². The van der Waals surface area contributed by atoms with E-state index in [1.54, 1.807) is 17.3 Å². The topological polar surface area (TPSA) is 59.2 Å². The van der Waals surface area contributed by atoms with Crippen LogP contribution in [0.1, 0.15) is 38.7 Å². The average molecular weight is 263 g/mol. The highest BCUT2D eigenvalue weighted by atomic mass is 16.2. The van der Waals surface area contributed by atoms with Gasteiger partial charge >= 0.3 is 0 Å². The van der Waals surface area contributed by atoms with Gasteiger partial charge in [-0.15, -0.1) is 0 Å². The maximum absolute atomic E-state index is 12.3. The Labute approximate surface area is 116 Å². The SMILES string of the molecule is CC(C(=O)N(C)CCC(N)C(C)C)c1cccnc1. The fourth-order valence-electron chi connectivity index (χ4n) is 1.89. The van der Waals surface area contributed by atoms with Crippen LogP contribution in [0.2, 0.25) is 0 Å². The first kappa shape index (κ1) is 15.6. The summed E-state index contributed by atoms with van der Waals surface area (Å²) < 4.78 is 0. The second-order valence-corrected chi connectivity index (χ2v) is 5.46. The number of nitrogens with zero attached hydrogens (tertiary/aromatic N) is 2. The molecule has 0 aliphatic heterocycles. The molecule has 0 aliphatic carbocycles. The van der Waals surface area contributed by atoms with E-state index in [1.165, 1.54) is 0 Å². The fraction of sp³-hybridized carbons (Fsp3) is 0.600. The number of hydrogen-bond acceptors (Lipinski definition) is 3. The van der Waals surface area contributed by atoms with Crippen molar-refractivity contribution < 1.29 is 4.79 Å². The molecule has 0 aromatic carbocycles. The van der Waals surface area contributed by atoms with Gasteiger partial charge in [-0.1, -0.05) is 19.9 Å². The molecule has 1 aromatic heterocycles. The quantitative estimate of drug-likeness (QED) is 0.854. The molecule has 0 bridgehead atoms. The largest absolute Gasteiger partial charge is 0.345 e. The molecule has 1 amide bonds.